The molecule has 6 heteroatoms. The smallest absolute Gasteiger partial charge is 0.337 e. The molecular weight excluding hydrogens is 368 g/mol. The number of amides is 1. The quantitative estimate of drug-likeness (QED) is 0.521. The number of hydrogen-bond acceptors (Lipinski definition) is 5. The number of ether oxygens (including phenoxy) is 2. The van der Waals surface area contributed by atoms with Gasteiger partial charge in [-0.25, -0.2) is 4.79 Å². The Morgan fingerprint density at radius 2 is 1.76 bits per heavy atom. The maximum atomic E-state index is 12.3. The predicted molar refractivity (Wildman–Crippen MR) is 111 cm³/mol. The van der Waals surface area contributed by atoms with Crippen LogP contribution in [0.25, 0.3) is 0 Å². The van der Waals surface area contributed by atoms with Gasteiger partial charge in [-0.1, -0.05) is 24.3 Å². The number of nitrogens with one attached hydrogen (secondary N) is 1. The second kappa shape index (κ2) is 10.1. The summed E-state index contributed by atoms with van der Waals surface area (Å²) in [5.41, 5.74) is 2.77. The van der Waals surface area contributed by atoms with Crippen molar-refractivity contribution in [2.75, 3.05) is 20.8 Å². The number of likely N-dealkylation sites (tertiary alicyclic amines) is 1. The third-order valence-electron chi connectivity index (χ3n) is 5.32. The normalized spacial score (nSPS) is 16.1. The van der Waals surface area contributed by atoms with Crippen LogP contribution in [-0.4, -0.2) is 43.6 Å². The standard InChI is InChI=1S/C23H28N2O4/c1-28-21-10-5-18(6-11-21)16-25-20(9-12-22(25)26)13-14-24-15-17-3-7-19(8-4-17)23(27)29-2/h3-8,10-11,20,24H,9,12-16H2,1-2H3. The van der Waals surface area contributed by atoms with Crippen LogP contribution in [0.3, 0.4) is 0 Å². The number of benzene rings is 2. The number of hydrogen-bond donors (Lipinski definition) is 1. The molecule has 3 rings (SSSR count). The molecular formula is C23H28N2O4. The number of nitrogens with zero attached hydrogens (tertiary/aromatic N) is 1. The molecule has 2 aromatic carbocycles. The minimum Gasteiger partial charge on any atom is -0.497 e. The molecule has 154 valence electrons. The van der Waals surface area contributed by atoms with Crippen molar-refractivity contribution < 1.29 is 19.1 Å². The zero-order chi connectivity index (χ0) is 20.6. The Morgan fingerprint density at radius 1 is 1.07 bits per heavy atom. The first-order valence-corrected chi connectivity index (χ1v) is 9.91. The Kier molecular flexibility index (Phi) is 7.25. The molecule has 0 aliphatic carbocycles. The van der Waals surface area contributed by atoms with Gasteiger partial charge in [0.1, 0.15) is 5.75 Å². The van der Waals surface area contributed by atoms with Crippen molar-refractivity contribution in [2.24, 2.45) is 0 Å². The molecule has 0 radical (unpaired) electrons. The lowest BCUT2D eigenvalue weighted by Gasteiger charge is -2.25. The lowest BCUT2D eigenvalue weighted by atomic mass is 10.1. The molecule has 1 unspecified atom stereocenters. The summed E-state index contributed by atoms with van der Waals surface area (Å²) in [7, 11) is 3.03. The first kappa shape index (κ1) is 20.9. The molecule has 1 aliphatic heterocycles. The van der Waals surface area contributed by atoms with Crippen LogP contribution in [0, 0.1) is 0 Å². The summed E-state index contributed by atoms with van der Waals surface area (Å²) in [4.78, 5) is 25.8. The SMILES string of the molecule is COC(=O)c1ccc(CNCCC2CCC(=O)N2Cc2ccc(OC)cc2)cc1. The van der Waals surface area contributed by atoms with Crippen LogP contribution in [-0.2, 0) is 22.6 Å². The van der Waals surface area contributed by atoms with Gasteiger partial charge in [0.05, 0.1) is 19.8 Å². The maximum absolute atomic E-state index is 12.3. The van der Waals surface area contributed by atoms with E-state index < -0.39 is 0 Å². The molecule has 0 saturated carbocycles. The molecule has 1 N–H and O–H groups in total. The topological polar surface area (TPSA) is 67.9 Å². The fraction of sp³-hybridized carbons (Fsp3) is 0.391. The third-order valence-corrected chi connectivity index (χ3v) is 5.32. The Labute approximate surface area is 171 Å². The van der Waals surface area contributed by atoms with Gasteiger partial charge in [-0.15, -0.1) is 0 Å². The van der Waals surface area contributed by atoms with Crippen molar-refractivity contribution in [3.8, 4) is 5.75 Å². The molecule has 0 spiro atoms. The Bertz CT molecular complexity index is 818. The van der Waals surface area contributed by atoms with Gasteiger partial charge in [-0.2, -0.15) is 0 Å². The molecule has 0 bridgehead atoms. The van der Waals surface area contributed by atoms with Gasteiger partial charge in [0, 0.05) is 25.6 Å². The van der Waals surface area contributed by atoms with Gasteiger partial charge in [-0.3, -0.25) is 4.79 Å². The molecule has 1 heterocycles. The van der Waals surface area contributed by atoms with Crippen molar-refractivity contribution in [3.05, 3.63) is 65.2 Å². The van der Waals surface area contributed by atoms with E-state index in [1.807, 2.05) is 41.3 Å². The number of methoxy groups -OCH3 is 2. The lowest BCUT2D eigenvalue weighted by Crippen LogP contribution is -2.34. The van der Waals surface area contributed by atoms with Crippen molar-refractivity contribution in [1.82, 2.24) is 10.2 Å². The second-order valence-electron chi connectivity index (χ2n) is 7.22. The third kappa shape index (κ3) is 5.57. The van der Waals surface area contributed by atoms with E-state index >= 15 is 0 Å². The van der Waals surface area contributed by atoms with Crippen LogP contribution in [0.2, 0.25) is 0 Å². The first-order valence-electron chi connectivity index (χ1n) is 9.91. The fourth-order valence-corrected chi connectivity index (χ4v) is 3.62. The van der Waals surface area contributed by atoms with Gasteiger partial charge in [0.15, 0.2) is 0 Å². The Hall–Kier alpha value is -2.86. The van der Waals surface area contributed by atoms with E-state index in [0.717, 1.165) is 42.8 Å². The fourth-order valence-electron chi connectivity index (χ4n) is 3.62. The monoisotopic (exact) mass is 396 g/mol. The van der Waals surface area contributed by atoms with Crippen molar-refractivity contribution in [3.63, 3.8) is 0 Å². The molecule has 6 nitrogen and oxygen atoms in total. The molecule has 1 saturated heterocycles. The van der Waals surface area contributed by atoms with Crippen LogP contribution < -0.4 is 10.1 Å². The van der Waals surface area contributed by atoms with Crippen LogP contribution in [0.1, 0.15) is 40.7 Å². The summed E-state index contributed by atoms with van der Waals surface area (Å²) in [6.07, 6.45) is 2.45. The highest BCUT2D eigenvalue weighted by molar-refractivity contribution is 5.89. The Balaban J connectivity index is 1.46. The van der Waals surface area contributed by atoms with Gasteiger partial charge < -0.3 is 19.7 Å². The van der Waals surface area contributed by atoms with E-state index in [1.165, 1.54) is 7.11 Å². The maximum Gasteiger partial charge on any atom is 0.337 e. The summed E-state index contributed by atoms with van der Waals surface area (Å²) in [6.45, 7) is 2.19. The van der Waals surface area contributed by atoms with Crippen molar-refractivity contribution >= 4 is 11.9 Å². The number of carbonyl (C=O) groups is 2. The van der Waals surface area contributed by atoms with Crippen molar-refractivity contribution in [1.29, 1.82) is 0 Å². The summed E-state index contributed by atoms with van der Waals surface area (Å²) >= 11 is 0. The zero-order valence-electron chi connectivity index (χ0n) is 17.0. The molecule has 1 aliphatic rings. The van der Waals surface area contributed by atoms with Gasteiger partial charge in [-0.05, 0) is 54.8 Å². The molecule has 0 aromatic heterocycles. The number of carbonyl (C=O) groups excluding carboxylic acids is 2. The van der Waals surface area contributed by atoms with Crippen molar-refractivity contribution in [2.45, 2.75) is 38.4 Å². The van der Waals surface area contributed by atoms with Crippen LogP contribution in [0.5, 0.6) is 5.75 Å². The minimum atomic E-state index is -0.327. The highest BCUT2D eigenvalue weighted by Crippen LogP contribution is 2.24. The van der Waals surface area contributed by atoms with Crippen LogP contribution >= 0.6 is 0 Å². The number of esters is 1. The second-order valence-corrected chi connectivity index (χ2v) is 7.22. The minimum absolute atomic E-state index is 0.226. The molecule has 1 amide bonds. The van der Waals surface area contributed by atoms with E-state index in [2.05, 4.69) is 5.32 Å². The summed E-state index contributed by atoms with van der Waals surface area (Å²) in [5.74, 6) is 0.721. The molecule has 29 heavy (non-hydrogen) atoms. The average molecular weight is 396 g/mol. The molecule has 2 aromatic rings. The highest BCUT2D eigenvalue weighted by Gasteiger charge is 2.30. The van der Waals surface area contributed by atoms with Crippen LogP contribution in [0.15, 0.2) is 48.5 Å². The van der Waals surface area contributed by atoms with E-state index in [0.29, 0.717) is 18.5 Å². The van der Waals surface area contributed by atoms with Gasteiger partial charge in [0.2, 0.25) is 5.91 Å². The Morgan fingerprint density at radius 3 is 2.41 bits per heavy atom. The number of rotatable bonds is 9. The predicted octanol–water partition coefficient (Wildman–Crippen LogP) is 3.15. The summed E-state index contributed by atoms with van der Waals surface area (Å²) in [5, 5.41) is 3.43. The zero-order valence-corrected chi connectivity index (χ0v) is 17.0. The van der Waals surface area contributed by atoms with Gasteiger partial charge in [0.25, 0.3) is 0 Å². The van der Waals surface area contributed by atoms with Gasteiger partial charge >= 0.3 is 5.97 Å². The van der Waals surface area contributed by atoms with E-state index in [1.54, 1.807) is 19.2 Å². The molecule has 1 fully saturated rings. The highest BCUT2D eigenvalue weighted by atomic mass is 16.5. The summed E-state index contributed by atoms with van der Waals surface area (Å²) in [6, 6.07) is 15.5. The summed E-state index contributed by atoms with van der Waals surface area (Å²) < 4.78 is 9.91. The average Bonchev–Trinajstić information content (AvgIpc) is 3.11. The lowest BCUT2D eigenvalue weighted by molar-refractivity contribution is -0.129. The van der Waals surface area contributed by atoms with E-state index in [9.17, 15) is 9.59 Å². The van der Waals surface area contributed by atoms with E-state index in [4.69, 9.17) is 9.47 Å². The molecule has 1 atom stereocenters. The first-order chi connectivity index (χ1) is 14.1. The van der Waals surface area contributed by atoms with Crippen LogP contribution in [0.4, 0.5) is 0 Å². The largest absolute Gasteiger partial charge is 0.497 e. The van der Waals surface area contributed by atoms with E-state index in [-0.39, 0.29) is 17.9 Å².